The first kappa shape index (κ1) is 43.1. The highest BCUT2D eigenvalue weighted by Crippen LogP contribution is 2.69. The smallest absolute Gasteiger partial charge is 0.340 e. The third-order valence-electron chi connectivity index (χ3n) is 12.1. The van der Waals surface area contributed by atoms with E-state index in [-0.39, 0.29) is 16.8 Å². The Hall–Kier alpha value is -5.46. The number of rotatable bonds is 7. The first-order chi connectivity index (χ1) is 27.6. The van der Waals surface area contributed by atoms with Crippen LogP contribution in [-0.4, -0.2) is 124 Å². The van der Waals surface area contributed by atoms with Gasteiger partial charge in [0, 0.05) is 39.8 Å². The summed E-state index contributed by atoms with van der Waals surface area (Å²) in [5.74, 6) is -10.7. The average Bonchev–Trinajstić information content (AvgIpc) is 3.37. The van der Waals surface area contributed by atoms with Gasteiger partial charge in [0.1, 0.15) is 41.5 Å². The maximum atomic E-state index is 14.4. The molecule has 13 atom stereocenters. The number of aliphatic hydroxyl groups excluding tert-OH is 1. The molecule has 2 N–H and O–H groups in total. The molecule has 4 bridgehead atoms. The number of carbonyl (C=O) groups is 7. The number of fused-ring (bicyclic) bond motifs is 5. The number of hydrogen-bond acceptors (Lipinski definition) is 18. The molecule has 4 aliphatic rings. The van der Waals surface area contributed by atoms with Crippen LogP contribution < -0.4 is 0 Å². The summed E-state index contributed by atoms with van der Waals surface area (Å²) in [6, 6.07) is 10.3. The summed E-state index contributed by atoms with van der Waals surface area (Å²) in [5.41, 5.74) is -10.2. The van der Waals surface area contributed by atoms with E-state index in [2.05, 4.69) is 4.98 Å². The minimum atomic E-state index is -2.82. The van der Waals surface area contributed by atoms with E-state index in [1.807, 2.05) is 0 Å². The van der Waals surface area contributed by atoms with Crippen molar-refractivity contribution in [3.63, 3.8) is 0 Å². The van der Waals surface area contributed by atoms with Crippen molar-refractivity contribution < 1.29 is 81.7 Å². The lowest BCUT2D eigenvalue weighted by Crippen LogP contribution is -2.89. The molecule has 18 heteroatoms. The molecule has 6 rings (SSSR count). The molecule has 2 aliphatic heterocycles. The summed E-state index contributed by atoms with van der Waals surface area (Å²) in [6.07, 6.45) is -10.8. The molecule has 3 fully saturated rings. The largest absolute Gasteiger partial charge is 0.465 e. The third kappa shape index (κ3) is 6.89. The molecule has 18 nitrogen and oxygen atoms in total. The molecule has 2 aliphatic carbocycles. The molecular formula is C41H47NO17. The van der Waals surface area contributed by atoms with Crippen molar-refractivity contribution in [2.24, 2.45) is 17.3 Å². The zero-order chi connectivity index (χ0) is 43.4. The van der Waals surface area contributed by atoms with Crippen LogP contribution in [0.15, 0.2) is 48.7 Å². The molecule has 2 unspecified atom stereocenters. The van der Waals surface area contributed by atoms with E-state index in [1.165, 1.54) is 56.4 Å². The summed E-state index contributed by atoms with van der Waals surface area (Å²) in [4.78, 5) is 99.4. The highest BCUT2D eigenvalue weighted by molar-refractivity contribution is 5.91. The van der Waals surface area contributed by atoms with Crippen LogP contribution in [0.3, 0.4) is 0 Å². The van der Waals surface area contributed by atoms with Crippen molar-refractivity contribution in [2.75, 3.05) is 13.2 Å². The third-order valence-corrected chi connectivity index (χ3v) is 12.1. The van der Waals surface area contributed by atoms with Crippen molar-refractivity contribution in [3.05, 3.63) is 65.5 Å². The van der Waals surface area contributed by atoms with E-state index in [0.717, 1.165) is 34.6 Å². The molecule has 318 valence electrons. The van der Waals surface area contributed by atoms with Crippen molar-refractivity contribution in [1.29, 1.82) is 0 Å². The number of ether oxygens (including phenoxy) is 8. The molecule has 1 aromatic carbocycles. The van der Waals surface area contributed by atoms with Gasteiger partial charge >= 0.3 is 41.8 Å². The highest BCUT2D eigenvalue weighted by Gasteiger charge is 2.91. The van der Waals surface area contributed by atoms with Gasteiger partial charge in [-0.25, -0.2) is 9.59 Å². The van der Waals surface area contributed by atoms with Gasteiger partial charge in [0.2, 0.25) is 0 Å². The van der Waals surface area contributed by atoms with Crippen molar-refractivity contribution >= 4 is 41.8 Å². The van der Waals surface area contributed by atoms with Crippen LogP contribution in [0.2, 0.25) is 0 Å². The van der Waals surface area contributed by atoms with E-state index in [4.69, 9.17) is 37.9 Å². The van der Waals surface area contributed by atoms with Gasteiger partial charge in [0.15, 0.2) is 24.4 Å². The van der Waals surface area contributed by atoms with Gasteiger partial charge in [-0.1, -0.05) is 32.0 Å². The maximum absolute atomic E-state index is 14.4. The van der Waals surface area contributed by atoms with Gasteiger partial charge in [-0.3, -0.25) is 29.0 Å². The lowest BCUT2D eigenvalue weighted by Gasteiger charge is -2.67. The number of aromatic nitrogens is 1. The number of nitrogens with zero attached hydrogens (tertiary/aromatic N) is 1. The molecule has 59 heavy (non-hydrogen) atoms. The van der Waals surface area contributed by atoms with Gasteiger partial charge < -0.3 is 48.1 Å². The van der Waals surface area contributed by atoms with E-state index in [1.54, 1.807) is 13.0 Å². The topological polar surface area (TPSA) is 247 Å². The second-order valence-electron chi connectivity index (χ2n) is 15.9. The van der Waals surface area contributed by atoms with Crippen LogP contribution in [0, 0.1) is 17.3 Å². The summed E-state index contributed by atoms with van der Waals surface area (Å²) in [5, 5.41) is 26.3. The Labute approximate surface area is 338 Å². The number of aliphatic hydroxyl groups is 2. The van der Waals surface area contributed by atoms with Gasteiger partial charge in [0.25, 0.3) is 0 Å². The van der Waals surface area contributed by atoms with Crippen LogP contribution in [0.1, 0.15) is 87.7 Å². The lowest BCUT2D eigenvalue weighted by atomic mass is 9.45. The Balaban J connectivity index is 1.75. The standard InChI is InChI=1S/C41H47NO17/c1-19-20(2)35(48)57-32-30(55-23(5)45)34(58-36(49)25-13-10-9-11-14-25)40(18-52-21(3)43)33(56-24(6)46)29(54-22(4)44)27-31(47)41(40,39(32,8)51)59-38(27,7)17-53-37(50)26-15-12-16-42-28(19)26/h9-16,19-20,27,29-34,47,51H,17-18H2,1-8H3/t19?,20?,27-,29-,30-,31+,32-,33+,34-,38-,39-,40+,41+/m0/s1. The predicted molar refractivity (Wildman–Crippen MR) is 196 cm³/mol. The number of esters is 7. The normalized spacial score (nSPS) is 37.4. The summed E-state index contributed by atoms with van der Waals surface area (Å²) >= 11 is 0. The Morgan fingerprint density at radius 2 is 1.42 bits per heavy atom. The van der Waals surface area contributed by atoms with E-state index >= 15 is 0 Å². The quantitative estimate of drug-likeness (QED) is 0.298. The number of benzene rings is 1. The van der Waals surface area contributed by atoms with Crippen LogP contribution in [0.4, 0.5) is 0 Å². The molecule has 0 radical (unpaired) electrons. The SMILES string of the molecule is CC(=O)OC[C@]12[C@H](OC(C)=O)[C@@H](OC(C)=O)[C@H]3[C@@H](O)[C@]14O[C@@]3(C)COC(=O)c1cccnc1C(C)C(C)C(=O)O[C@@H]([C@H](OC(C)=O)[C@@H]2OC(=O)c1ccccc1)[C@]4(C)O. The predicted octanol–water partition coefficient (Wildman–Crippen LogP) is 1.76. The van der Waals surface area contributed by atoms with Gasteiger partial charge in [-0.2, -0.15) is 0 Å². The number of hydrogen-bond donors (Lipinski definition) is 2. The number of carbonyl (C=O) groups excluding carboxylic acids is 7. The molecule has 1 saturated heterocycles. The number of cyclic esters (lactones) is 1. The van der Waals surface area contributed by atoms with Crippen LogP contribution in [0.5, 0.6) is 0 Å². The Kier molecular flexibility index (Phi) is 11.4. The monoisotopic (exact) mass is 825 g/mol. The second-order valence-corrected chi connectivity index (χ2v) is 15.9. The van der Waals surface area contributed by atoms with Crippen molar-refractivity contribution in [2.45, 2.75) is 115 Å². The van der Waals surface area contributed by atoms with Crippen molar-refractivity contribution in [1.82, 2.24) is 4.98 Å². The fourth-order valence-electron chi connectivity index (χ4n) is 9.54. The van der Waals surface area contributed by atoms with E-state index in [9.17, 15) is 43.8 Å². The van der Waals surface area contributed by atoms with Gasteiger partial charge in [-0.15, -0.1) is 0 Å². The van der Waals surface area contributed by atoms with E-state index < -0.39 is 132 Å². The van der Waals surface area contributed by atoms with Gasteiger partial charge in [0.05, 0.1) is 34.8 Å². The Morgan fingerprint density at radius 1 is 0.814 bits per heavy atom. The molecule has 2 saturated carbocycles. The molecule has 1 spiro atoms. The number of pyridine rings is 1. The van der Waals surface area contributed by atoms with Crippen molar-refractivity contribution in [3.8, 4) is 0 Å². The van der Waals surface area contributed by atoms with Crippen LogP contribution >= 0.6 is 0 Å². The minimum Gasteiger partial charge on any atom is -0.465 e. The first-order valence-corrected chi connectivity index (χ1v) is 19.0. The first-order valence-electron chi connectivity index (χ1n) is 19.0. The van der Waals surface area contributed by atoms with E-state index in [0.29, 0.717) is 0 Å². The summed E-state index contributed by atoms with van der Waals surface area (Å²) < 4.78 is 48.6. The Bertz CT molecular complexity index is 2040. The zero-order valence-electron chi connectivity index (χ0n) is 33.7. The molecule has 1 aromatic heterocycles. The second kappa shape index (κ2) is 15.6. The summed E-state index contributed by atoms with van der Waals surface area (Å²) in [7, 11) is 0. The van der Waals surface area contributed by atoms with Crippen LogP contribution in [-0.2, 0) is 61.9 Å². The maximum Gasteiger partial charge on any atom is 0.340 e. The molecule has 3 heterocycles. The average molecular weight is 826 g/mol. The fraction of sp³-hybridized carbons (Fsp3) is 0.561. The highest BCUT2D eigenvalue weighted by atomic mass is 16.7. The molecular weight excluding hydrogens is 778 g/mol. The van der Waals surface area contributed by atoms with Gasteiger partial charge in [-0.05, 0) is 38.1 Å². The minimum absolute atomic E-state index is 0.0311. The summed E-state index contributed by atoms with van der Waals surface area (Å²) in [6.45, 7) is 7.76. The molecule has 2 aromatic rings. The fourth-order valence-corrected chi connectivity index (χ4v) is 9.54. The Morgan fingerprint density at radius 3 is 2.03 bits per heavy atom. The van der Waals surface area contributed by atoms with Crippen LogP contribution in [0.25, 0.3) is 0 Å². The lowest BCUT2D eigenvalue weighted by molar-refractivity contribution is -0.385. The zero-order valence-corrected chi connectivity index (χ0v) is 33.7. The molecule has 0 amide bonds.